The van der Waals surface area contributed by atoms with Crippen LogP contribution in [0.1, 0.15) is 11.1 Å². The molecule has 1 N–H and O–H groups in total. The summed E-state index contributed by atoms with van der Waals surface area (Å²) in [4.78, 5) is 19.0. The number of pyridine rings is 1. The summed E-state index contributed by atoms with van der Waals surface area (Å²) in [7, 11) is -3.47. The van der Waals surface area contributed by atoms with Crippen LogP contribution in [0.15, 0.2) is 46.8 Å². The van der Waals surface area contributed by atoms with Crippen molar-refractivity contribution in [2.75, 3.05) is 31.1 Å². The first kappa shape index (κ1) is 19.7. The van der Waals surface area contributed by atoms with E-state index in [4.69, 9.17) is 5.11 Å². The number of hydrogen-bond donors (Lipinski definition) is 1. The number of amides is 1. The van der Waals surface area contributed by atoms with Gasteiger partial charge in [0.1, 0.15) is 10.0 Å². The average Bonchev–Trinajstić information content (AvgIpc) is 3.15. The molecule has 9 heteroatoms. The quantitative estimate of drug-likeness (QED) is 0.681. The number of fused-ring (bicyclic) bond motifs is 1. The molecule has 1 aromatic carbocycles. The summed E-state index contributed by atoms with van der Waals surface area (Å²) >= 11 is 1.25. The summed E-state index contributed by atoms with van der Waals surface area (Å²) in [5.74, 6) is 0.667. The number of benzene rings is 1. The van der Waals surface area contributed by atoms with Crippen molar-refractivity contribution in [3.8, 4) is 0 Å². The number of aromatic nitrogens is 1. The maximum atomic E-state index is 13.0. The topological polar surface area (TPSA) is 90.8 Å². The Hall–Kier alpha value is -2.65. The first-order valence-electron chi connectivity index (χ1n) is 9.23. The smallest absolute Gasteiger partial charge is 0.407 e. The van der Waals surface area contributed by atoms with Gasteiger partial charge in [-0.1, -0.05) is 29.8 Å². The number of rotatable bonds is 4. The molecule has 0 saturated carbocycles. The molecule has 0 unspecified atom stereocenters. The Balaban J connectivity index is 1.62. The fraction of sp³-hybridized carbons (Fsp3) is 0.300. The summed E-state index contributed by atoms with van der Waals surface area (Å²) in [5, 5.41) is 9.92. The van der Waals surface area contributed by atoms with E-state index in [9.17, 15) is 13.2 Å². The van der Waals surface area contributed by atoms with Crippen LogP contribution >= 0.6 is 11.3 Å². The van der Waals surface area contributed by atoms with Crippen LogP contribution in [0.5, 0.6) is 0 Å². The number of carboxylic acid groups (broad SMARTS) is 1. The van der Waals surface area contributed by atoms with Crippen molar-refractivity contribution >= 4 is 43.2 Å². The van der Waals surface area contributed by atoms with Gasteiger partial charge in [-0.15, -0.1) is 11.3 Å². The zero-order chi connectivity index (χ0) is 20.6. The van der Waals surface area contributed by atoms with Crippen LogP contribution in [-0.2, 0) is 15.6 Å². The van der Waals surface area contributed by atoms with Gasteiger partial charge in [0, 0.05) is 42.5 Å². The van der Waals surface area contributed by atoms with Crippen molar-refractivity contribution in [3.05, 3.63) is 53.7 Å². The highest BCUT2D eigenvalue weighted by Gasteiger charge is 2.25. The summed E-state index contributed by atoms with van der Waals surface area (Å²) in [6.45, 7) is 3.82. The second-order valence-electron chi connectivity index (χ2n) is 7.11. The molecule has 152 valence electrons. The third-order valence-corrected chi connectivity index (χ3v) is 8.39. The first-order valence-corrected chi connectivity index (χ1v) is 11.7. The number of anilines is 1. The van der Waals surface area contributed by atoms with E-state index in [0.717, 1.165) is 21.2 Å². The summed E-state index contributed by atoms with van der Waals surface area (Å²) in [5.41, 5.74) is 1.85. The zero-order valence-electron chi connectivity index (χ0n) is 15.9. The molecule has 2 aromatic heterocycles. The highest BCUT2D eigenvalue weighted by molar-refractivity contribution is 7.92. The van der Waals surface area contributed by atoms with Gasteiger partial charge in [-0.25, -0.2) is 18.2 Å². The van der Waals surface area contributed by atoms with E-state index in [-0.39, 0.29) is 5.75 Å². The molecule has 0 bridgehead atoms. The first-order chi connectivity index (χ1) is 13.8. The molecule has 0 aliphatic carbocycles. The van der Waals surface area contributed by atoms with Crippen LogP contribution in [0.2, 0.25) is 0 Å². The van der Waals surface area contributed by atoms with Gasteiger partial charge in [0.25, 0.3) is 0 Å². The van der Waals surface area contributed by atoms with E-state index < -0.39 is 15.9 Å². The highest BCUT2D eigenvalue weighted by atomic mass is 32.2. The van der Waals surface area contributed by atoms with Gasteiger partial charge >= 0.3 is 6.09 Å². The normalized spacial score (nSPS) is 15.1. The van der Waals surface area contributed by atoms with Crippen LogP contribution in [0.4, 0.5) is 10.6 Å². The lowest BCUT2D eigenvalue weighted by Crippen LogP contribution is -2.48. The lowest BCUT2D eigenvalue weighted by molar-refractivity contribution is 0.142. The number of piperazine rings is 1. The molecule has 1 aliphatic heterocycles. The van der Waals surface area contributed by atoms with Crippen molar-refractivity contribution in [2.45, 2.75) is 16.9 Å². The molecule has 4 rings (SSSR count). The third kappa shape index (κ3) is 4.06. The van der Waals surface area contributed by atoms with Crippen molar-refractivity contribution < 1.29 is 18.3 Å². The molecule has 1 aliphatic rings. The Kier molecular flexibility index (Phi) is 5.18. The van der Waals surface area contributed by atoms with E-state index >= 15 is 0 Å². The SMILES string of the molecule is Cc1ccc(CS(=O)(=O)c2cc3c(N4CCN(C(=O)O)CC4)nccc3s2)cc1. The summed E-state index contributed by atoms with van der Waals surface area (Å²) < 4.78 is 27.1. The van der Waals surface area contributed by atoms with E-state index in [0.29, 0.717) is 36.2 Å². The lowest BCUT2D eigenvalue weighted by Gasteiger charge is -2.34. The van der Waals surface area contributed by atoms with E-state index in [1.54, 1.807) is 12.3 Å². The largest absolute Gasteiger partial charge is 0.465 e. The monoisotopic (exact) mass is 431 g/mol. The van der Waals surface area contributed by atoms with Crippen LogP contribution < -0.4 is 4.90 Å². The summed E-state index contributed by atoms with van der Waals surface area (Å²) in [6.07, 6.45) is 0.754. The molecular formula is C20H21N3O4S2. The number of thiophene rings is 1. The maximum Gasteiger partial charge on any atom is 0.407 e. The maximum absolute atomic E-state index is 13.0. The van der Waals surface area contributed by atoms with Gasteiger partial charge < -0.3 is 14.9 Å². The Morgan fingerprint density at radius 1 is 1.14 bits per heavy atom. The minimum Gasteiger partial charge on any atom is -0.465 e. The van der Waals surface area contributed by atoms with Gasteiger partial charge in [0.15, 0.2) is 9.84 Å². The molecule has 0 atom stereocenters. The highest BCUT2D eigenvalue weighted by Crippen LogP contribution is 2.35. The van der Waals surface area contributed by atoms with Gasteiger partial charge in [0.2, 0.25) is 0 Å². The second-order valence-corrected chi connectivity index (χ2v) is 10.4. The van der Waals surface area contributed by atoms with E-state index in [1.165, 1.54) is 16.2 Å². The van der Waals surface area contributed by atoms with Crippen molar-refractivity contribution in [3.63, 3.8) is 0 Å². The fourth-order valence-corrected chi connectivity index (χ4v) is 6.22. The Bertz CT molecular complexity index is 1150. The van der Waals surface area contributed by atoms with Crippen molar-refractivity contribution in [1.82, 2.24) is 9.88 Å². The minimum atomic E-state index is -3.47. The molecule has 7 nitrogen and oxygen atoms in total. The number of nitrogens with zero attached hydrogens (tertiary/aromatic N) is 3. The van der Waals surface area contributed by atoms with Crippen LogP contribution in [-0.4, -0.2) is 55.7 Å². The van der Waals surface area contributed by atoms with Crippen LogP contribution in [0.3, 0.4) is 0 Å². The number of sulfone groups is 1. The van der Waals surface area contributed by atoms with Crippen LogP contribution in [0, 0.1) is 6.92 Å². The molecule has 3 aromatic rings. The van der Waals surface area contributed by atoms with Gasteiger partial charge in [-0.2, -0.15) is 0 Å². The molecule has 29 heavy (non-hydrogen) atoms. The van der Waals surface area contributed by atoms with E-state index in [1.807, 2.05) is 42.2 Å². The second kappa shape index (κ2) is 7.64. The molecule has 1 saturated heterocycles. The van der Waals surface area contributed by atoms with Gasteiger partial charge in [-0.05, 0) is 24.6 Å². The molecule has 1 amide bonds. The number of aryl methyl sites for hydroxylation is 1. The molecule has 3 heterocycles. The predicted octanol–water partition coefficient (Wildman–Crippen LogP) is 3.38. The number of carbonyl (C=O) groups is 1. The Morgan fingerprint density at radius 2 is 1.83 bits per heavy atom. The summed E-state index contributed by atoms with van der Waals surface area (Å²) in [6, 6.07) is 11.0. The average molecular weight is 432 g/mol. The third-order valence-electron chi connectivity index (χ3n) is 5.04. The predicted molar refractivity (Wildman–Crippen MR) is 113 cm³/mol. The molecule has 0 spiro atoms. The van der Waals surface area contributed by atoms with Gasteiger partial charge in [-0.3, -0.25) is 0 Å². The lowest BCUT2D eigenvalue weighted by atomic mass is 10.2. The van der Waals surface area contributed by atoms with Gasteiger partial charge in [0.05, 0.1) is 5.75 Å². The zero-order valence-corrected chi connectivity index (χ0v) is 17.5. The molecular weight excluding hydrogens is 410 g/mol. The van der Waals surface area contributed by atoms with Crippen molar-refractivity contribution in [1.29, 1.82) is 0 Å². The Morgan fingerprint density at radius 3 is 2.48 bits per heavy atom. The molecule has 0 radical (unpaired) electrons. The standard InChI is InChI=1S/C20H21N3O4S2/c1-14-2-4-15(5-3-14)13-29(26,27)18-12-16-17(28-18)6-7-21-19(16)22-8-10-23(11-9-22)20(24)25/h2-7,12H,8-11,13H2,1H3,(H,24,25). The molecule has 1 fully saturated rings. The van der Waals surface area contributed by atoms with Crippen LogP contribution in [0.25, 0.3) is 10.1 Å². The number of hydrogen-bond acceptors (Lipinski definition) is 6. The Labute approximate surface area is 173 Å². The minimum absolute atomic E-state index is 0.0415. The fourth-order valence-electron chi connectivity index (χ4n) is 3.42. The van der Waals surface area contributed by atoms with E-state index in [2.05, 4.69) is 4.98 Å². The van der Waals surface area contributed by atoms with Crippen molar-refractivity contribution in [2.24, 2.45) is 0 Å².